The number of nitrogens with zero attached hydrogens (tertiary/aromatic N) is 1. The van der Waals surface area contributed by atoms with E-state index in [0.29, 0.717) is 0 Å². The minimum Gasteiger partial charge on any atom is -0.508 e. The van der Waals surface area contributed by atoms with Crippen LogP contribution in [0.1, 0.15) is 30.0 Å². The summed E-state index contributed by atoms with van der Waals surface area (Å²) in [6, 6.07) is 13.9. The summed E-state index contributed by atoms with van der Waals surface area (Å²) in [5, 5.41) is 19.7. The van der Waals surface area contributed by atoms with Gasteiger partial charge in [-0.25, -0.2) is 9.59 Å². The van der Waals surface area contributed by atoms with E-state index in [-0.39, 0.29) is 24.0 Å². The number of aliphatic carboxylic acids is 1. The van der Waals surface area contributed by atoms with Crippen LogP contribution in [0.5, 0.6) is 5.75 Å². The highest BCUT2D eigenvalue weighted by Crippen LogP contribution is 2.38. The van der Waals surface area contributed by atoms with Crippen molar-refractivity contribution in [3.05, 3.63) is 65.7 Å². The predicted octanol–water partition coefficient (Wildman–Crippen LogP) is 3.32. The summed E-state index contributed by atoms with van der Waals surface area (Å²) in [7, 11) is 0. The van der Waals surface area contributed by atoms with Gasteiger partial charge in [-0.05, 0) is 24.5 Å². The average molecular weight is 341 g/mol. The van der Waals surface area contributed by atoms with E-state index >= 15 is 0 Å². The molecule has 1 fully saturated rings. The summed E-state index contributed by atoms with van der Waals surface area (Å²) in [6.07, 6.45) is 0.748. The second-order valence-electron chi connectivity index (χ2n) is 5.98. The van der Waals surface area contributed by atoms with E-state index in [9.17, 15) is 19.8 Å². The molecule has 2 N–H and O–H groups in total. The fourth-order valence-corrected chi connectivity index (χ4v) is 2.73. The highest BCUT2D eigenvalue weighted by molar-refractivity contribution is 5.82. The maximum Gasteiger partial charge on any atom is 0.411 e. The maximum atomic E-state index is 12.6. The number of ether oxygens (including phenoxy) is 1. The molecule has 3 rings (SSSR count). The van der Waals surface area contributed by atoms with Crippen LogP contribution in [0.25, 0.3) is 0 Å². The quantitative estimate of drug-likeness (QED) is 0.841. The van der Waals surface area contributed by atoms with Crippen LogP contribution in [0.2, 0.25) is 0 Å². The Bertz CT molecular complexity index is 757. The lowest BCUT2D eigenvalue weighted by Crippen LogP contribution is -2.41. The van der Waals surface area contributed by atoms with Gasteiger partial charge in [0, 0.05) is 11.6 Å². The second-order valence-corrected chi connectivity index (χ2v) is 5.98. The van der Waals surface area contributed by atoms with Gasteiger partial charge >= 0.3 is 12.1 Å². The Morgan fingerprint density at radius 1 is 1.08 bits per heavy atom. The third-order valence-electron chi connectivity index (χ3n) is 4.10. The first-order valence-electron chi connectivity index (χ1n) is 8.07. The van der Waals surface area contributed by atoms with Crippen LogP contribution in [-0.2, 0) is 16.1 Å². The van der Waals surface area contributed by atoms with Gasteiger partial charge in [0.15, 0.2) is 6.04 Å². The summed E-state index contributed by atoms with van der Waals surface area (Å²) in [5.74, 6) is -1.36. The number of phenolic OH excluding ortho intramolecular Hbond substituents is 1. The molecule has 1 saturated carbocycles. The van der Waals surface area contributed by atoms with E-state index in [2.05, 4.69) is 0 Å². The Morgan fingerprint density at radius 3 is 2.32 bits per heavy atom. The number of benzene rings is 2. The zero-order valence-corrected chi connectivity index (χ0v) is 13.5. The van der Waals surface area contributed by atoms with Gasteiger partial charge in [-0.3, -0.25) is 4.90 Å². The van der Waals surface area contributed by atoms with Crippen LogP contribution < -0.4 is 0 Å². The third-order valence-corrected chi connectivity index (χ3v) is 4.10. The van der Waals surface area contributed by atoms with E-state index in [1.807, 2.05) is 30.3 Å². The zero-order chi connectivity index (χ0) is 17.8. The topological polar surface area (TPSA) is 87.1 Å². The summed E-state index contributed by atoms with van der Waals surface area (Å²) in [5.41, 5.74) is 1.000. The number of carboxylic acid groups (broad SMARTS) is 1. The first kappa shape index (κ1) is 16.8. The van der Waals surface area contributed by atoms with Crippen LogP contribution in [0.4, 0.5) is 4.79 Å². The molecule has 130 valence electrons. The van der Waals surface area contributed by atoms with E-state index in [1.54, 1.807) is 12.1 Å². The largest absolute Gasteiger partial charge is 0.508 e. The van der Waals surface area contributed by atoms with Gasteiger partial charge < -0.3 is 14.9 Å². The molecule has 1 aliphatic rings. The molecule has 1 aliphatic carbocycles. The van der Waals surface area contributed by atoms with Gasteiger partial charge in [0.2, 0.25) is 0 Å². The molecule has 0 spiro atoms. The van der Waals surface area contributed by atoms with E-state index in [4.69, 9.17) is 4.74 Å². The summed E-state index contributed by atoms with van der Waals surface area (Å²) < 4.78 is 5.33. The lowest BCUT2D eigenvalue weighted by Gasteiger charge is -2.29. The van der Waals surface area contributed by atoms with Crippen molar-refractivity contribution in [2.24, 2.45) is 0 Å². The molecule has 6 nitrogen and oxygen atoms in total. The molecule has 1 amide bonds. The highest BCUT2D eigenvalue weighted by Gasteiger charge is 2.43. The average Bonchev–Trinajstić information content (AvgIpc) is 3.44. The number of carbonyl (C=O) groups excluding carboxylic acids is 1. The number of carboxylic acids is 1. The molecule has 0 bridgehead atoms. The fourth-order valence-electron chi connectivity index (χ4n) is 2.73. The first-order chi connectivity index (χ1) is 12.1. The normalized spacial score (nSPS) is 14.6. The number of rotatable bonds is 6. The molecule has 6 heteroatoms. The van der Waals surface area contributed by atoms with Crippen molar-refractivity contribution in [2.45, 2.75) is 31.5 Å². The maximum absolute atomic E-state index is 12.6. The molecule has 0 aliphatic heterocycles. The Hall–Kier alpha value is -3.02. The monoisotopic (exact) mass is 341 g/mol. The van der Waals surface area contributed by atoms with Crippen LogP contribution in [0.3, 0.4) is 0 Å². The molecule has 0 heterocycles. The van der Waals surface area contributed by atoms with Crippen molar-refractivity contribution < 1.29 is 24.5 Å². The van der Waals surface area contributed by atoms with Crippen LogP contribution in [0.15, 0.2) is 54.6 Å². The first-order valence-corrected chi connectivity index (χ1v) is 8.07. The second kappa shape index (κ2) is 7.25. The molecule has 2 aromatic carbocycles. The van der Waals surface area contributed by atoms with Crippen LogP contribution in [0, 0.1) is 0 Å². The van der Waals surface area contributed by atoms with Crippen molar-refractivity contribution in [2.75, 3.05) is 0 Å². The van der Waals surface area contributed by atoms with E-state index in [1.165, 1.54) is 17.0 Å². The van der Waals surface area contributed by atoms with Gasteiger partial charge in [-0.2, -0.15) is 0 Å². The number of phenols is 1. The van der Waals surface area contributed by atoms with Gasteiger partial charge in [0.1, 0.15) is 12.4 Å². The highest BCUT2D eigenvalue weighted by atomic mass is 16.6. The molecule has 0 aromatic heterocycles. The van der Waals surface area contributed by atoms with Gasteiger partial charge in [-0.1, -0.05) is 48.5 Å². The Morgan fingerprint density at radius 2 is 1.72 bits per heavy atom. The standard InChI is InChI=1S/C19H19NO5/c21-16-9-5-4-8-15(16)17(18(22)23)20(14-10-11-14)19(24)25-12-13-6-2-1-3-7-13/h1-9,14,17,21H,10-12H2,(H,22,23). The summed E-state index contributed by atoms with van der Waals surface area (Å²) in [4.78, 5) is 25.7. The SMILES string of the molecule is O=C(O)C(c1ccccc1O)N(C(=O)OCc1ccccc1)C1CC1. The number of aromatic hydroxyl groups is 1. The minimum atomic E-state index is -1.28. The van der Waals surface area contributed by atoms with Crippen LogP contribution in [-0.4, -0.2) is 33.2 Å². The number of hydrogen-bond donors (Lipinski definition) is 2. The van der Waals surface area contributed by atoms with Crippen LogP contribution >= 0.6 is 0 Å². The number of amides is 1. The minimum absolute atomic E-state index is 0.0655. The Labute approximate surface area is 145 Å². The molecule has 2 aromatic rings. The summed E-state index contributed by atoms with van der Waals surface area (Å²) in [6.45, 7) is 0.0655. The zero-order valence-electron chi connectivity index (χ0n) is 13.5. The van der Waals surface area contributed by atoms with Gasteiger partial charge in [0.25, 0.3) is 0 Å². The molecular formula is C19H19NO5. The van der Waals surface area contributed by atoms with Gasteiger partial charge in [-0.15, -0.1) is 0 Å². The molecule has 1 atom stereocenters. The molecular weight excluding hydrogens is 322 g/mol. The molecule has 0 saturated heterocycles. The lowest BCUT2D eigenvalue weighted by molar-refractivity contribution is -0.143. The molecule has 0 radical (unpaired) electrons. The lowest BCUT2D eigenvalue weighted by atomic mass is 10.0. The van der Waals surface area contributed by atoms with Crippen molar-refractivity contribution >= 4 is 12.1 Å². The van der Waals surface area contributed by atoms with Crippen molar-refractivity contribution in [1.82, 2.24) is 4.90 Å². The van der Waals surface area contributed by atoms with Crippen molar-refractivity contribution in [3.63, 3.8) is 0 Å². The van der Waals surface area contributed by atoms with Gasteiger partial charge in [0.05, 0.1) is 0 Å². The molecule has 25 heavy (non-hydrogen) atoms. The van der Waals surface area contributed by atoms with E-state index < -0.39 is 18.1 Å². The predicted molar refractivity (Wildman–Crippen MR) is 90.0 cm³/mol. The number of para-hydroxylation sites is 1. The Balaban J connectivity index is 1.82. The molecule has 1 unspecified atom stereocenters. The Kier molecular flexibility index (Phi) is 4.88. The van der Waals surface area contributed by atoms with Crippen molar-refractivity contribution in [1.29, 1.82) is 0 Å². The van der Waals surface area contributed by atoms with Crippen molar-refractivity contribution in [3.8, 4) is 5.75 Å². The fraction of sp³-hybridized carbons (Fsp3) is 0.263. The number of carbonyl (C=O) groups is 2. The summed E-state index contributed by atoms with van der Waals surface area (Å²) >= 11 is 0. The third kappa shape index (κ3) is 3.91. The van der Waals surface area contributed by atoms with E-state index in [0.717, 1.165) is 18.4 Å². The number of hydrogen-bond acceptors (Lipinski definition) is 4. The smallest absolute Gasteiger partial charge is 0.411 e.